The minimum Gasteiger partial charge on any atom is -0.375 e. The third-order valence-electron chi connectivity index (χ3n) is 4.70. The molecule has 146 valence electrons. The standard InChI is InChI=1S/C18H25ClFN3O2.HI/c1-21-18(22-8-7-13-14(19)4-2-5-15(13)20)23-9-11-25-17(12-23)16-6-3-10-24-16;/h2,4-5,16-17H,3,6-12H2,1H3,(H,21,22);1H. The van der Waals surface area contributed by atoms with Gasteiger partial charge in [0.25, 0.3) is 0 Å². The molecule has 26 heavy (non-hydrogen) atoms. The van der Waals surface area contributed by atoms with Gasteiger partial charge in [0.2, 0.25) is 0 Å². The van der Waals surface area contributed by atoms with E-state index in [1.807, 2.05) is 0 Å². The summed E-state index contributed by atoms with van der Waals surface area (Å²) in [4.78, 5) is 6.54. The van der Waals surface area contributed by atoms with Gasteiger partial charge in [-0.3, -0.25) is 4.99 Å². The number of nitrogens with zero attached hydrogens (tertiary/aromatic N) is 2. The smallest absolute Gasteiger partial charge is 0.193 e. The molecule has 0 bridgehead atoms. The summed E-state index contributed by atoms with van der Waals surface area (Å²) >= 11 is 6.08. The Bertz CT molecular complexity index is 594. The summed E-state index contributed by atoms with van der Waals surface area (Å²) in [6.45, 7) is 3.58. The number of hydrogen-bond acceptors (Lipinski definition) is 3. The minimum atomic E-state index is -0.269. The molecule has 5 nitrogen and oxygen atoms in total. The lowest BCUT2D eigenvalue weighted by Crippen LogP contribution is -2.53. The lowest BCUT2D eigenvalue weighted by atomic mass is 10.1. The number of ether oxygens (including phenoxy) is 2. The molecule has 1 aromatic carbocycles. The third kappa shape index (κ3) is 5.43. The van der Waals surface area contributed by atoms with E-state index in [-0.39, 0.29) is 42.0 Å². The van der Waals surface area contributed by atoms with Crippen LogP contribution in [-0.2, 0) is 15.9 Å². The number of guanidine groups is 1. The molecule has 0 aliphatic carbocycles. The molecule has 8 heteroatoms. The van der Waals surface area contributed by atoms with Crippen molar-refractivity contribution >= 4 is 41.5 Å². The number of halogens is 3. The van der Waals surface area contributed by atoms with Crippen LogP contribution < -0.4 is 5.32 Å². The summed E-state index contributed by atoms with van der Waals surface area (Å²) in [5, 5.41) is 3.77. The Kier molecular flexibility index (Phi) is 8.86. The molecular formula is C18H26ClFIN3O2. The maximum atomic E-state index is 13.9. The van der Waals surface area contributed by atoms with Crippen LogP contribution in [0.3, 0.4) is 0 Å². The first-order chi connectivity index (χ1) is 12.2. The lowest BCUT2D eigenvalue weighted by Gasteiger charge is -2.37. The molecular weight excluding hydrogens is 472 g/mol. The molecule has 2 fully saturated rings. The van der Waals surface area contributed by atoms with E-state index in [0.29, 0.717) is 30.2 Å². The largest absolute Gasteiger partial charge is 0.375 e. The van der Waals surface area contributed by atoms with E-state index in [4.69, 9.17) is 21.1 Å². The van der Waals surface area contributed by atoms with Gasteiger partial charge in [0.05, 0.1) is 12.7 Å². The summed E-state index contributed by atoms with van der Waals surface area (Å²) in [7, 11) is 1.76. The van der Waals surface area contributed by atoms with E-state index in [2.05, 4.69) is 15.2 Å². The van der Waals surface area contributed by atoms with Crippen LogP contribution >= 0.6 is 35.6 Å². The van der Waals surface area contributed by atoms with Gasteiger partial charge in [-0.1, -0.05) is 17.7 Å². The van der Waals surface area contributed by atoms with Gasteiger partial charge in [-0.2, -0.15) is 0 Å². The highest BCUT2D eigenvalue weighted by molar-refractivity contribution is 14.0. The second-order valence-corrected chi connectivity index (χ2v) is 6.74. The summed E-state index contributed by atoms with van der Waals surface area (Å²) in [5.41, 5.74) is 0.534. The molecule has 2 saturated heterocycles. The van der Waals surface area contributed by atoms with Crippen LogP contribution in [0.5, 0.6) is 0 Å². The predicted molar refractivity (Wildman–Crippen MR) is 112 cm³/mol. The Hall–Kier alpha value is -0.640. The van der Waals surface area contributed by atoms with Crippen molar-refractivity contribution in [2.24, 2.45) is 4.99 Å². The van der Waals surface area contributed by atoms with E-state index in [1.165, 1.54) is 6.07 Å². The third-order valence-corrected chi connectivity index (χ3v) is 5.06. The number of morpholine rings is 1. The van der Waals surface area contributed by atoms with Crippen molar-refractivity contribution in [1.29, 1.82) is 0 Å². The van der Waals surface area contributed by atoms with E-state index < -0.39 is 0 Å². The van der Waals surface area contributed by atoms with Gasteiger partial charge in [0.15, 0.2) is 5.96 Å². The van der Waals surface area contributed by atoms with Gasteiger partial charge in [-0.25, -0.2) is 4.39 Å². The second-order valence-electron chi connectivity index (χ2n) is 6.33. The fourth-order valence-corrected chi connectivity index (χ4v) is 3.65. The van der Waals surface area contributed by atoms with Crippen molar-refractivity contribution in [3.05, 3.63) is 34.6 Å². The number of benzene rings is 1. The number of rotatable bonds is 4. The molecule has 0 spiro atoms. The van der Waals surface area contributed by atoms with E-state index >= 15 is 0 Å². The van der Waals surface area contributed by atoms with Crippen LogP contribution in [0.2, 0.25) is 5.02 Å². The first-order valence-corrected chi connectivity index (χ1v) is 9.18. The number of hydrogen-bond donors (Lipinski definition) is 1. The Morgan fingerprint density at radius 1 is 1.35 bits per heavy atom. The van der Waals surface area contributed by atoms with Gasteiger partial charge in [0, 0.05) is 43.9 Å². The molecule has 0 aromatic heterocycles. The van der Waals surface area contributed by atoms with Crippen LogP contribution in [-0.4, -0.2) is 63.0 Å². The summed E-state index contributed by atoms with van der Waals surface area (Å²) in [6.07, 6.45) is 2.91. The highest BCUT2D eigenvalue weighted by atomic mass is 127. The van der Waals surface area contributed by atoms with Crippen LogP contribution in [0.25, 0.3) is 0 Å². The zero-order chi connectivity index (χ0) is 17.6. The van der Waals surface area contributed by atoms with Crippen molar-refractivity contribution in [2.45, 2.75) is 31.5 Å². The van der Waals surface area contributed by atoms with Crippen LogP contribution in [0.15, 0.2) is 23.2 Å². The first-order valence-electron chi connectivity index (χ1n) is 8.80. The molecule has 2 atom stereocenters. The fourth-order valence-electron chi connectivity index (χ4n) is 3.39. The molecule has 1 aromatic rings. The topological polar surface area (TPSA) is 46.1 Å². The Morgan fingerprint density at radius 3 is 2.85 bits per heavy atom. The quantitative estimate of drug-likeness (QED) is 0.395. The second kappa shape index (κ2) is 10.6. The molecule has 2 aliphatic rings. The fraction of sp³-hybridized carbons (Fsp3) is 0.611. The van der Waals surface area contributed by atoms with Crippen molar-refractivity contribution in [3.63, 3.8) is 0 Å². The van der Waals surface area contributed by atoms with Gasteiger partial charge < -0.3 is 19.7 Å². The van der Waals surface area contributed by atoms with Gasteiger partial charge in [-0.05, 0) is 31.4 Å². The molecule has 0 radical (unpaired) electrons. The lowest BCUT2D eigenvalue weighted by molar-refractivity contribution is -0.0816. The van der Waals surface area contributed by atoms with Crippen molar-refractivity contribution < 1.29 is 13.9 Å². The normalized spacial score (nSPS) is 23.7. The van der Waals surface area contributed by atoms with Crippen LogP contribution in [0, 0.1) is 5.82 Å². The van der Waals surface area contributed by atoms with Crippen LogP contribution in [0.4, 0.5) is 4.39 Å². The van der Waals surface area contributed by atoms with Crippen molar-refractivity contribution in [3.8, 4) is 0 Å². The predicted octanol–water partition coefficient (Wildman–Crippen LogP) is 3.09. The monoisotopic (exact) mass is 497 g/mol. The number of aliphatic imine (C=N–C) groups is 1. The molecule has 2 aliphatic heterocycles. The molecule has 2 unspecified atom stereocenters. The van der Waals surface area contributed by atoms with Gasteiger partial charge in [-0.15, -0.1) is 24.0 Å². The highest BCUT2D eigenvalue weighted by Crippen LogP contribution is 2.21. The van der Waals surface area contributed by atoms with E-state index in [1.54, 1.807) is 19.2 Å². The highest BCUT2D eigenvalue weighted by Gasteiger charge is 2.32. The maximum absolute atomic E-state index is 13.9. The summed E-state index contributed by atoms with van der Waals surface area (Å²) in [6, 6.07) is 4.76. The molecule has 0 saturated carbocycles. The van der Waals surface area contributed by atoms with Gasteiger partial charge >= 0.3 is 0 Å². The van der Waals surface area contributed by atoms with E-state index in [0.717, 1.165) is 38.5 Å². The summed E-state index contributed by atoms with van der Waals surface area (Å²) < 4.78 is 25.5. The average Bonchev–Trinajstić information content (AvgIpc) is 3.16. The zero-order valence-corrected chi connectivity index (χ0v) is 18.0. The van der Waals surface area contributed by atoms with Crippen molar-refractivity contribution in [2.75, 3.05) is 39.9 Å². The zero-order valence-electron chi connectivity index (χ0n) is 14.9. The molecule has 2 heterocycles. The summed E-state index contributed by atoms with van der Waals surface area (Å²) in [5.74, 6) is 0.535. The van der Waals surface area contributed by atoms with Gasteiger partial charge in [0.1, 0.15) is 11.9 Å². The Balaban J connectivity index is 0.00000243. The average molecular weight is 498 g/mol. The van der Waals surface area contributed by atoms with E-state index in [9.17, 15) is 4.39 Å². The molecule has 1 N–H and O–H groups in total. The SMILES string of the molecule is CN=C(NCCc1c(F)cccc1Cl)N1CCOC(C2CCCO2)C1.I. The maximum Gasteiger partial charge on any atom is 0.193 e. The Labute approximate surface area is 176 Å². The minimum absolute atomic E-state index is 0. The molecule has 0 amide bonds. The molecule has 3 rings (SSSR count). The van der Waals surface area contributed by atoms with Crippen molar-refractivity contribution in [1.82, 2.24) is 10.2 Å². The van der Waals surface area contributed by atoms with Crippen LogP contribution in [0.1, 0.15) is 18.4 Å². The number of nitrogens with one attached hydrogen (secondary N) is 1. The Morgan fingerprint density at radius 2 is 2.15 bits per heavy atom. The first kappa shape index (κ1) is 21.7.